The summed E-state index contributed by atoms with van der Waals surface area (Å²) in [7, 11) is 1.31. The van der Waals surface area contributed by atoms with Gasteiger partial charge in [0.2, 0.25) is 0 Å². The fraction of sp³-hybridized carbons (Fsp3) is 0.133. The lowest BCUT2D eigenvalue weighted by atomic mass is 10.2. The van der Waals surface area contributed by atoms with Gasteiger partial charge in [0.1, 0.15) is 12.4 Å². The molecule has 0 aromatic heterocycles. The van der Waals surface area contributed by atoms with E-state index in [1.807, 2.05) is 0 Å². The number of halogens is 2. The van der Waals surface area contributed by atoms with Crippen molar-refractivity contribution in [3.05, 3.63) is 57.6 Å². The first-order valence-electron chi connectivity index (χ1n) is 6.06. The molecule has 2 aromatic carbocycles. The zero-order valence-electron chi connectivity index (χ0n) is 11.2. The molecule has 0 atom stereocenters. The van der Waals surface area contributed by atoms with E-state index in [1.165, 1.54) is 13.2 Å². The molecular formula is C15H13Cl2NO3. The number of carbonyl (C=O) groups excluding carboxylic acids is 1. The van der Waals surface area contributed by atoms with Gasteiger partial charge in [0.15, 0.2) is 0 Å². The van der Waals surface area contributed by atoms with Crippen molar-refractivity contribution < 1.29 is 14.3 Å². The molecule has 0 radical (unpaired) electrons. The Morgan fingerprint density at radius 2 is 1.86 bits per heavy atom. The number of methoxy groups -OCH3 is 1. The number of carbonyl (C=O) groups is 1. The second-order valence-corrected chi connectivity index (χ2v) is 5.05. The summed E-state index contributed by atoms with van der Waals surface area (Å²) in [4.78, 5) is 11.4. The Hall–Kier alpha value is -1.91. The number of benzene rings is 2. The smallest absolute Gasteiger partial charge is 0.337 e. The third-order valence-corrected chi connectivity index (χ3v) is 3.57. The van der Waals surface area contributed by atoms with Crippen LogP contribution in [0.25, 0.3) is 0 Å². The van der Waals surface area contributed by atoms with Crippen LogP contribution in [0.4, 0.5) is 5.69 Å². The Morgan fingerprint density at radius 3 is 2.43 bits per heavy atom. The van der Waals surface area contributed by atoms with Crippen molar-refractivity contribution in [1.82, 2.24) is 0 Å². The highest BCUT2D eigenvalue weighted by Gasteiger charge is 2.11. The summed E-state index contributed by atoms with van der Waals surface area (Å²) in [6, 6.07) is 9.90. The molecule has 2 rings (SSSR count). The second-order valence-electron chi connectivity index (χ2n) is 4.23. The SMILES string of the molecule is COC(=O)c1ccc(OCc2c(Cl)cccc2Cl)c(N)c1. The minimum absolute atomic E-state index is 0.181. The van der Waals surface area contributed by atoms with E-state index in [4.69, 9.17) is 33.7 Å². The lowest BCUT2D eigenvalue weighted by Crippen LogP contribution is -2.04. The van der Waals surface area contributed by atoms with Gasteiger partial charge in [0, 0.05) is 15.6 Å². The van der Waals surface area contributed by atoms with Gasteiger partial charge in [-0.3, -0.25) is 0 Å². The van der Waals surface area contributed by atoms with Crippen LogP contribution in [0.15, 0.2) is 36.4 Å². The number of nitrogen functional groups attached to an aromatic ring is 1. The lowest BCUT2D eigenvalue weighted by molar-refractivity contribution is 0.0600. The van der Waals surface area contributed by atoms with Crippen molar-refractivity contribution in [2.75, 3.05) is 12.8 Å². The van der Waals surface area contributed by atoms with E-state index in [2.05, 4.69) is 4.74 Å². The van der Waals surface area contributed by atoms with Crippen LogP contribution in [0.3, 0.4) is 0 Å². The van der Waals surface area contributed by atoms with E-state index in [9.17, 15) is 4.79 Å². The quantitative estimate of drug-likeness (QED) is 0.683. The number of rotatable bonds is 4. The molecule has 110 valence electrons. The highest BCUT2D eigenvalue weighted by molar-refractivity contribution is 6.35. The van der Waals surface area contributed by atoms with Gasteiger partial charge in [0.25, 0.3) is 0 Å². The van der Waals surface area contributed by atoms with Gasteiger partial charge in [-0.05, 0) is 30.3 Å². The first kappa shape index (κ1) is 15.5. The highest BCUT2D eigenvalue weighted by Crippen LogP contribution is 2.28. The van der Waals surface area contributed by atoms with E-state index in [1.54, 1.807) is 30.3 Å². The molecule has 0 aliphatic rings. The predicted octanol–water partition coefficient (Wildman–Crippen LogP) is 3.94. The Balaban J connectivity index is 2.16. The van der Waals surface area contributed by atoms with Gasteiger partial charge in [0.05, 0.1) is 18.4 Å². The number of anilines is 1. The largest absolute Gasteiger partial charge is 0.487 e. The van der Waals surface area contributed by atoms with Gasteiger partial charge in [-0.15, -0.1) is 0 Å². The molecule has 21 heavy (non-hydrogen) atoms. The van der Waals surface area contributed by atoms with Crippen molar-refractivity contribution in [3.8, 4) is 5.75 Å². The molecule has 2 N–H and O–H groups in total. The molecule has 0 aliphatic carbocycles. The van der Waals surface area contributed by atoms with Gasteiger partial charge < -0.3 is 15.2 Å². The van der Waals surface area contributed by atoms with Crippen LogP contribution in [0.5, 0.6) is 5.75 Å². The van der Waals surface area contributed by atoms with E-state index < -0.39 is 5.97 Å². The normalized spacial score (nSPS) is 10.2. The maximum absolute atomic E-state index is 11.4. The molecule has 6 heteroatoms. The van der Waals surface area contributed by atoms with Crippen LogP contribution in [-0.4, -0.2) is 13.1 Å². The first-order chi connectivity index (χ1) is 10.0. The number of esters is 1. The molecule has 0 fully saturated rings. The van der Waals surface area contributed by atoms with E-state index in [0.29, 0.717) is 32.6 Å². The molecule has 0 heterocycles. The van der Waals surface area contributed by atoms with Crippen LogP contribution in [0, 0.1) is 0 Å². The Labute approximate surface area is 132 Å². The van der Waals surface area contributed by atoms with Crippen molar-refractivity contribution in [1.29, 1.82) is 0 Å². The number of hydrogen-bond acceptors (Lipinski definition) is 4. The van der Waals surface area contributed by atoms with Crippen LogP contribution < -0.4 is 10.5 Å². The molecule has 0 saturated carbocycles. The standard InChI is InChI=1S/C15H13Cl2NO3/c1-20-15(19)9-5-6-14(13(18)7-9)21-8-10-11(16)3-2-4-12(10)17/h2-7H,8,18H2,1H3. The second kappa shape index (κ2) is 6.70. The maximum atomic E-state index is 11.4. The summed E-state index contributed by atoms with van der Waals surface area (Å²) in [6.07, 6.45) is 0. The Bertz CT molecular complexity index is 654. The first-order valence-corrected chi connectivity index (χ1v) is 6.82. The molecular weight excluding hydrogens is 313 g/mol. The van der Waals surface area contributed by atoms with Crippen molar-refractivity contribution >= 4 is 34.9 Å². The van der Waals surface area contributed by atoms with Crippen molar-refractivity contribution in [3.63, 3.8) is 0 Å². The molecule has 0 aliphatic heterocycles. The molecule has 2 aromatic rings. The minimum atomic E-state index is -0.456. The summed E-state index contributed by atoms with van der Waals surface area (Å²) in [6.45, 7) is 0.181. The van der Waals surface area contributed by atoms with Gasteiger partial charge >= 0.3 is 5.97 Å². The van der Waals surface area contributed by atoms with Crippen molar-refractivity contribution in [2.45, 2.75) is 6.61 Å². The molecule has 0 spiro atoms. The zero-order chi connectivity index (χ0) is 15.4. The summed E-state index contributed by atoms with van der Waals surface area (Å²) in [5.74, 6) is -0.0129. The summed E-state index contributed by atoms with van der Waals surface area (Å²) < 4.78 is 10.2. The van der Waals surface area contributed by atoms with Crippen LogP contribution >= 0.6 is 23.2 Å². The molecule has 0 bridgehead atoms. The van der Waals surface area contributed by atoms with Crippen LogP contribution in [-0.2, 0) is 11.3 Å². The Morgan fingerprint density at radius 1 is 1.19 bits per heavy atom. The van der Waals surface area contributed by atoms with E-state index >= 15 is 0 Å². The summed E-state index contributed by atoms with van der Waals surface area (Å²) >= 11 is 12.1. The third-order valence-electron chi connectivity index (χ3n) is 2.86. The van der Waals surface area contributed by atoms with E-state index in [-0.39, 0.29) is 6.61 Å². The number of nitrogens with two attached hydrogens (primary N) is 1. The predicted molar refractivity (Wildman–Crippen MR) is 83.0 cm³/mol. The average Bonchev–Trinajstić information content (AvgIpc) is 2.47. The fourth-order valence-corrected chi connectivity index (χ4v) is 2.25. The highest BCUT2D eigenvalue weighted by atomic mass is 35.5. The molecule has 0 saturated heterocycles. The lowest BCUT2D eigenvalue weighted by Gasteiger charge is -2.12. The maximum Gasteiger partial charge on any atom is 0.337 e. The monoisotopic (exact) mass is 325 g/mol. The minimum Gasteiger partial charge on any atom is -0.487 e. The van der Waals surface area contributed by atoms with E-state index in [0.717, 1.165) is 0 Å². The number of hydrogen-bond donors (Lipinski definition) is 1. The summed E-state index contributed by atoms with van der Waals surface area (Å²) in [5.41, 5.74) is 7.23. The topological polar surface area (TPSA) is 61.5 Å². The Kier molecular flexibility index (Phi) is 4.94. The zero-order valence-corrected chi connectivity index (χ0v) is 12.7. The number of ether oxygens (including phenoxy) is 2. The third kappa shape index (κ3) is 3.60. The average molecular weight is 326 g/mol. The fourth-order valence-electron chi connectivity index (χ4n) is 1.74. The van der Waals surface area contributed by atoms with Crippen molar-refractivity contribution in [2.24, 2.45) is 0 Å². The van der Waals surface area contributed by atoms with Gasteiger partial charge in [-0.2, -0.15) is 0 Å². The molecule has 4 nitrogen and oxygen atoms in total. The van der Waals surface area contributed by atoms with Crippen LogP contribution in [0.1, 0.15) is 15.9 Å². The van der Waals surface area contributed by atoms with Crippen LogP contribution in [0.2, 0.25) is 10.0 Å². The molecule has 0 amide bonds. The van der Waals surface area contributed by atoms with Gasteiger partial charge in [-0.1, -0.05) is 29.3 Å². The molecule has 0 unspecified atom stereocenters. The van der Waals surface area contributed by atoms with Gasteiger partial charge in [-0.25, -0.2) is 4.79 Å². The summed E-state index contributed by atoms with van der Waals surface area (Å²) in [5, 5.41) is 1.04.